The Hall–Kier alpha value is -5.91. The Balaban J connectivity index is 0.819. The molecule has 3 saturated heterocycles. The Morgan fingerprint density at radius 1 is 0.949 bits per heavy atom. The minimum Gasteiger partial charge on any atom is -0.384 e. The molecule has 6 heterocycles. The molecule has 0 bridgehead atoms. The highest BCUT2D eigenvalue weighted by Crippen LogP contribution is 2.33. The molecule has 2 aromatic heterocycles. The van der Waals surface area contributed by atoms with Crippen molar-refractivity contribution >= 4 is 69.6 Å². The Bertz CT molecular complexity index is 2280. The van der Waals surface area contributed by atoms with Gasteiger partial charge in [-0.05, 0) is 61.6 Å². The fourth-order valence-corrected chi connectivity index (χ4v) is 8.56. The number of hydrogen-bond acceptors (Lipinski definition) is 12. The highest BCUT2D eigenvalue weighted by Gasteiger charge is 2.46. The van der Waals surface area contributed by atoms with Gasteiger partial charge >= 0.3 is 0 Å². The highest BCUT2D eigenvalue weighted by atomic mass is 35.5. The lowest BCUT2D eigenvalue weighted by atomic mass is 9.87. The minimum absolute atomic E-state index is 0.0354. The quantitative estimate of drug-likeness (QED) is 0.130. The molecular weight excluding hydrogens is 778 g/mol. The van der Waals surface area contributed by atoms with Crippen LogP contribution in [0.4, 0.5) is 11.5 Å². The van der Waals surface area contributed by atoms with Crippen LogP contribution < -0.4 is 26.6 Å². The third kappa shape index (κ3) is 8.22. The van der Waals surface area contributed by atoms with Crippen LogP contribution in [0.15, 0.2) is 61.1 Å². The number of halogens is 1. The Kier molecular flexibility index (Phi) is 11.3. The van der Waals surface area contributed by atoms with Crippen LogP contribution in [0.25, 0.3) is 11.0 Å². The Labute approximate surface area is 345 Å². The van der Waals surface area contributed by atoms with Gasteiger partial charge in [-0.25, -0.2) is 9.97 Å². The zero-order valence-corrected chi connectivity index (χ0v) is 33.2. The van der Waals surface area contributed by atoms with Crippen molar-refractivity contribution < 1.29 is 28.8 Å². The molecule has 6 N–H and O–H groups in total. The van der Waals surface area contributed by atoms with Gasteiger partial charge in [-0.2, -0.15) is 0 Å². The first kappa shape index (κ1) is 39.9. The zero-order valence-electron chi connectivity index (χ0n) is 32.4. The van der Waals surface area contributed by atoms with Crippen LogP contribution in [-0.4, -0.2) is 129 Å². The van der Waals surface area contributed by atoms with E-state index in [0.29, 0.717) is 75.8 Å². The van der Waals surface area contributed by atoms with Gasteiger partial charge in [-0.1, -0.05) is 29.8 Å². The fraction of sp³-hybridized carbons (Fsp3) is 0.415. The number of aromatic amines is 1. The normalized spacial score (nSPS) is 20.1. The first-order chi connectivity index (χ1) is 28.5. The smallest absolute Gasteiger partial charge is 0.264 e. The molecule has 8 rings (SSSR count). The molecule has 2 atom stereocenters. The maximum atomic E-state index is 13.9. The molecule has 0 spiro atoms. The van der Waals surface area contributed by atoms with Crippen molar-refractivity contribution in [3.63, 3.8) is 0 Å². The molecule has 18 heteroatoms. The number of fused-ring (bicyclic) bond motifs is 2. The van der Waals surface area contributed by atoms with Gasteiger partial charge in [0.25, 0.3) is 11.8 Å². The van der Waals surface area contributed by atoms with Gasteiger partial charge in [0.05, 0.1) is 28.1 Å². The third-order valence-electron chi connectivity index (χ3n) is 11.9. The van der Waals surface area contributed by atoms with E-state index >= 15 is 0 Å². The van der Waals surface area contributed by atoms with Crippen molar-refractivity contribution in [3.05, 3.63) is 82.8 Å². The summed E-state index contributed by atoms with van der Waals surface area (Å²) in [6, 6.07) is 12.9. The minimum atomic E-state index is -1.06. The van der Waals surface area contributed by atoms with Crippen LogP contribution in [0.2, 0.25) is 5.02 Å². The second kappa shape index (κ2) is 16.8. The van der Waals surface area contributed by atoms with E-state index in [-0.39, 0.29) is 54.8 Å². The first-order valence-corrected chi connectivity index (χ1v) is 20.3. The number of amides is 6. The number of imide groups is 2. The standard InChI is InChI=1S/C41H46ClN11O6/c42-26-6-4-25(5-7-26)29(48-40(59)41(43)13-18-52(19-14-41)36-28-10-15-45-35(28)46-24-47-36)12-17-50-20-22-51(23-21-50)33(55)11-16-44-30-3-1-2-27-34(30)39(58)53(38(27)57)31-8-9-32(54)49-37(31)56/h1-7,10,15,24,29,31,44H,8-9,11-14,16-23,43H2,(H,48,59)(H,45,46,47)(H,49,54,56)/t29-,31?/m0/s1. The third-order valence-corrected chi connectivity index (χ3v) is 12.2. The summed E-state index contributed by atoms with van der Waals surface area (Å²) in [6.45, 7) is 4.46. The predicted molar refractivity (Wildman–Crippen MR) is 218 cm³/mol. The van der Waals surface area contributed by atoms with E-state index in [1.807, 2.05) is 41.4 Å². The van der Waals surface area contributed by atoms with Crippen LogP contribution in [0, 0.1) is 0 Å². The number of piperazine rings is 1. The van der Waals surface area contributed by atoms with Crippen molar-refractivity contribution in [2.45, 2.75) is 56.1 Å². The van der Waals surface area contributed by atoms with Crippen molar-refractivity contribution in [2.75, 3.05) is 62.6 Å². The lowest BCUT2D eigenvalue weighted by Crippen LogP contribution is -2.60. The summed E-state index contributed by atoms with van der Waals surface area (Å²) in [4.78, 5) is 97.0. The molecule has 4 aromatic rings. The summed E-state index contributed by atoms with van der Waals surface area (Å²) in [5.41, 5.74) is 8.19. The van der Waals surface area contributed by atoms with Gasteiger partial charge < -0.3 is 31.2 Å². The lowest BCUT2D eigenvalue weighted by Gasteiger charge is -2.39. The molecule has 0 saturated carbocycles. The van der Waals surface area contributed by atoms with Crippen molar-refractivity contribution in [3.8, 4) is 0 Å². The molecule has 6 amide bonds. The van der Waals surface area contributed by atoms with Gasteiger partial charge in [-0.3, -0.25) is 43.9 Å². The van der Waals surface area contributed by atoms with Crippen LogP contribution in [0.5, 0.6) is 0 Å². The van der Waals surface area contributed by atoms with Crippen LogP contribution >= 0.6 is 11.6 Å². The van der Waals surface area contributed by atoms with E-state index in [1.54, 1.807) is 12.1 Å². The maximum absolute atomic E-state index is 13.9. The molecular formula is C41H46ClN11O6. The number of nitrogens with one attached hydrogen (secondary N) is 4. The number of anilines is 2. The first-order valence-electron chi connectivity index (χ1n) is 20.0. The van der Waals surface area contributed by atoms with Gasteiger partial charge in [0, 0.05) is 82.1 Å². The average Bonchev–Trinajstić information content (AvgIpc) is 3.82. The highest BCUT2D eigenvalue weighted by molar-refractivity contribution is 6.30. The number of carbonyl (C=O) groups is 6. The number of piperidine rings is 2. The number of nitrogens with two attached hydrogens (primary N) is 1. The fourth-order valence-electron chi connectivity index (χ4n) is 8.43. The van der Waals surface area contributed by atoms with Gasteiger partial charge in [0.2, 0.25) is 23.6 Å². The van der Waals surface area contributed by atoms with Crippen LogP contribution in [0.3, 0.4) is 0 Å². The van der Waals surface area contributed by atoms with Crippen LogP contribution in [-0.2, 0) is 19.2 Å². The molecule has 4 aliphatic heterocycles. The summed E-state index contributed by atoms with van der Waals surface area (Å²) in [6.07, 6.45) is 5.19. The van der Waals surface area contributed by atoms with E-state index in [9.17, 15) is 28.8 Å². The number of rotatable bonds is 12. The summed E-state index contributed by atoms with van der Waals surface area (Å²) >= 11 is 6.22. The topological polar surface area (TPSA) is 219 Å². The lowest BCUT2D eigenvalue weighted by molar-refractivity contribution is -0.136. The van der Waals surface area contributed by atoms with E-state index < -0.39 is 35.2 Å². The van der Waals surface area contributed by atoms with E-state index in [4.69, 9.17) is 17.3 Å². The van der Waals surface area contributed by atoms with Crippen molar-refractivity contribution in [2.24, 2.45) is 5.73 Å². The molecule has 4 aliphatic rings. The van der Waals surface area contributed by atoms with E-state index in [1.165, 1.54) is 12.4 Å². The second-order valence-electron chi connectivity index (χ2n) is 15.5. The average molecular weight is 824 g/mol. The summed E-state index contributed by atoms with van der Waals surface area (Å²) in [7, 11) is 0. The molecule has 2 aromatic carbocycles. The number of nitrogens with zero attached hydrogens (tertiary/aromatic N) is 6. The van der Waals surface area contributed by atoms with Crippen LogP contribution in [0.1, 0.15) is 70.8 Å². The monoisotopic (exact) mass is 823 g/mol. The second-order valence-corrected chi connectivity index (χ2v) is 16.0. The maximum Gasteiger partial charge on any atom is 0.264 e. The number of hydrogen-bond donors (Lipinski definition) is 5. The number of carbonyl (C=O) groups excluding carboxylic acids is 6. The summed E-state index contributed by atoms with van der Waals surface area (Å²) in [5.74, 6) is -1.72. The zero-order chi connectivity index (χ0) is 41.3. The predicted octanol–water partition coefficient (Wildman–Crippen LogP) is 2.20. The number of H-pyrrole nitrogens is 1. The molecule has 3 fully saturated rings. The molecule has 1 unspecified atom stereocenters. The number of benzene rings is 2. The Morgan fingerprint density at radius 3 is 2.46 bits per heavy atom. The molecule has 59 heavy (non-hydrogen) atoms. The number of aromatic nitrogens is 3. The van der Waals surface area contributed by atoms with Crippen molar-refractivity contribution in [1.29, 1.82) is 0 Å². The van der Waals surface area contributed by atoms with E-state index in [0.717, 1.165) is 27.3 Å². The molecule has 0 radical (unpaired) electrons. The van der Waals surface area contributed by atoms with Gasteiger partial charge in [0.15, 0.2) is 0 Å². The largest absolute Gasteiger partial charge is 0.384 e. The summed E-state index contributed by atoms with van der Waals surface area (Å²) < 4.78 is 0. The van der Waals surface area contributed by atoms with E-state index in [2.05, 4.69) is 40.7 Å². The SMILES string of the molecule is NC1(C(=O)N[C@@H](CCN2CCN(C(=O)CCNc3cccc4c3C(=O)N(C3CCC(=O)NC3=O)C4=O)CC2)c2ccc(Cl)cc2)CCN(c2ncnc3[nH]ccc23)CC1. The molecule has 308 valence electrons. The van der Waals surface area contributed by atoms with Gasteiger partial charge in [-0.15, -0.1) is 0 Å². The Morgan fingerprint density at radius 2 is 1.71 bits per heavy atom. The molecule has 17 nitrogen and oxygen atoms in total. The van der Waals surface area contributed by atoms with Crippen molar-refractivity contribution in [1.82, 2.24) is 40.3 Å². The molecule has 0 aliphatic carbocycles. The van der Waals surface area contributed by atoms with Gasteiger partial charge in [0.1, 0.15) is 23.8 Å². The summed E-state index contributed by atoms with van der Waals surface area (Å²) in [5, 5.41) is 10.2.